The lowest BCUT2D eigenvalue weighted by Gasteiger charge is -2.25. The molecule has 15 heavy (non-hydrogen) atoms. The molecule has 0 saturated carbocycles. The minimum absolute atomic E-state index is 0.554. The average Bonchev–Trinajstić information content (AvgIpc) is 2.30. The first-order valence-corrected chi connectivity index (χ1v) is 6.31. The molecule has 0 spiro atoms. The summed E-state index contributed by atoms with van der Waals surface area (Å²) in [6.07, 6.45) is 0. The lowest BCUT2D eigenvalue weighted by Crippen LogP contribution is -2.22. The first-order chi connectivity index (χ1) is 7.36. The molecule has 1 aliphatic rings. The molecule has 1 heterocycles. The van der Waals surface area contributed by atoms with E-state index in [-0.39, 0.29) is 0 Å². The van der Waals surface area contributed by atoms with Gasteiger partial charge >= 0.3 is 0 Å². The molecule has 0 fully saturated rings. The molecule has 3 rings (SSSR count). The van der Waals surface area contributed by atoms with Crippen molar-refractivity contribution in [1.82, 2.24) is 0 Å². The predicted octanol–water partition coefficient (Wildman–Crippen LogP) is 2.78. The van der Waals surface area contributed by atoms with Gasteiger partial charge in [-0.25, -0.2) is 0 Å². The summed E-state index contributed by atoms with van der Waals surface area (Å²) in [6, 6.07) is 17.6. The van der Waals surface area contributed by atoms with Crippen molar-refractivity contribution in [1.29, 1.82) is 0 Å². The molecule has 0 atom stereocenters. The summed E-state index contributed by atoms with van der Waals surface area (Å²) >= 11 is 0. The summed E-state index contributed by atoms with van der Waals surface area (Å²) in [6.45, 7) is 2.31. The smallest absolute Gasteiger partial charge is 0.00736 e. The quantitative estimate of drug-likeness (QED) is 0.589. The normalized spacial score (nSPS) is 19.7. The second kappa shape index (κ2) is 3.47. The molecule has 74 valence electrons. The molecule has 0 unspecified atom stereocenters. The largest absolute Gasteiger partial charge is 0.0619 e. The van der Waals surface area contributed by atoms with Crippen LogP contribution in [0.25, 0.3) is 0 Å². The average molecular weight is 212 g/mol. The van der Waals surface area contributed by atoms with Crippen LogP contribution in [0.2, 0.25) is 0 Å². The highest BCUT2D eigenvalue weighted by Gasteiger charge is 2.20. The van der Waals surface area contributed by atoms with Crippen molar-refractivity contribution in [3.05, 3.63) is 59.7 Å². The van der Waals surface area contributed by atoms with Crippen molar-refractivity contribution in [2.75, 3.05) is 0 Å². The van der Waals surface area contributed by atoms with Gasteiger partial charge < -0.3 is 0 Å². The van der Waals surface area contributed by atoms with Crippen molar-refractivity contribution in [2.24, 2.45) is 0 Å². The van der Waals surface area contributed by atoms with Crippen LogP contribution in [0, 0.1) is 0 Å². The Kier molecular flexibility index (Phi) is 2.11. The van der Waals surface area contributed by atoms with Crippen LogP contribution in [0.3, 0.4) is 0 Å². The highest BCUT2D eigenvalue weighted by molar-refractivity contribution is 7.56. The summed E-state index contributed by atoms with van der Waals surface area (Å²) < 4.78 is 0. The van der Waals surface area contributed by atoms with Gasteiger partial charge in [-0.2, -0.15) is 0 Å². The van der Waals surface area contributed by atoms with Crippen LogP contribution in [-0.4, -0.2) is 0 Å². The SMILES string of the molecule is CC1c2ccccc2Pc2ccccc21. The van der Waals surface area contributed by atoms with Crippen LogP contribution in [0.1, 0.15) is 24.0 Å². The molecule has 1 aliphatic heterocycles. The zero-order valence-electron chi connectivity index (χ0n) is 8.70. The summed E-state index contributed by atoms with van der Waals surface area (Å²) in [4.78, 5) is 0. The van der Waals surface area contributed by atoms with Gasteiger partial charge in [0.15, 0.2) is 0 Å². The predicted molar refractivity (Wildman–Crippen MR) is 68.0 cm³/mol. The van der Waals surface area contributed by atoms with E-state index < -0.39 is 0 Å². The molecule has 0 saturated heterocycles. The zero-order chi connectivity index (χ0) is 10.3. The van der Waals surface area contributed by atoms with E-state index in [0.717, 1.165) is 8.58 Å². The van der Waals surface area contributed by atoms with Crippen LogP contribution in [-0.2, 0) is 0 Å². The minimum atomic E-state index is 0.554. The fourth-order valence-corrected chi connectivity index (χ4v) is 3.83. The Labute approximate surface area is 92.1 Å². The maximum Gasteiger partial charge on any atom is 0.00736 e. The van der Waals surface area contributed by atoms with Gasteiger partial charge in [0.1, 0.15) is 0 Å². The highest BCUT2D eigenvalue weighted by atomic mass is 31.1. The molecule has 0 nitrogen and oxygen atoms in total. The summed E-state index contributed by atoms with van der Waals surface area (Å²) in [5.41, 5.74) is 3.02. The molecule has 1 heteroatoms. The Bertz CT molecular complexity index is 457. The van der Waals surface area contributed by atoms with Crippen molar-refractivity contribution in [3.63, 3.8) is 0 Å². The van der Waals surface area contributed by atoms with Crippen LogP contribution in [0.15, 0.2) is 48.5 Å². The summed E-state index contributed by atoms with van der Waals surface area (Å²) in [5.74, 6) is 0.554. The Morgan fingerprint density at radius 2 is 1.27 bits per heavy atom. The zero-order valence-corrected chi connectivity index (χ0v) is 9.70. The summed E-state index contributed by atoms with van der Waals surface area (Å²) in [7, 11) is 0.830. The fraction of sp³-hybridized carbons (Fsp3) is 0.143. The Morgan fingerprint density at radius 3 is 1.80 bits per heavy atom. The molecule has 2 aromatic rings. The molecular formula is C14H13P. The number of benzene rings is 2. The van der Waals surface area contributed by atoms with Gasteiger partial charge in [-0.05, 0) is 21.7 Å². The van der Waals surface area contributed by atoms with Gasteiger partial charge in [-0.15, -0.1) is 0 Å². The Balaban J connectivity index is 2.20. The van der Waals surface area contributed by atoms with Gasteiger partial charge in [0, 0.05) is 5.92 Å². The molecule has 2 aromatic carbocycles. The molecule has 0 aliphatic carbocycles. The standard InChI is InChI=1S/C14H13P/c1-10-11-6-2-4-8-13(11)15-14-9-5-3-7-12(10)14/h2-10,15H,1H3. The van der Waals surface area contributed by atoms with Crippen LogP contribution in [0.4, 0.5) is 0 Å². The maximum absolute atomic E-state index is 2.31. The molecule has 0 bridgehead atoms. The van der Waals surface area contributed by atoms with Crippen molar-refractivity contribution in [2.45, 2.75) is 12.8 Å². The van der Waals surface area contributed by atoms with E-state index in [0.29, 0.717) is 5.92 Å². The van der Waals surface area contributed by atoms with Gasteiger partial charge in [0.05, 0.1) is 0 Å². The van der Waals surface area contributed by atoms with Crippen molar-refractivity contribution < 1.29 is 0 Å². The number of fused-ring (bicyclic) bond motifs is 2. The van der Waals surface area contributed by atoms with Gasteiger partial charge in [-0.3, -0.25) is 0 Å². The van der Waals surface area contributed by atoms with Crippen molar-refractivity contribution >= 4 is 19.2 Å². The van der Waals surface area contributed by atoms with Gasteiger partial charge in [0.2, 0.25) is 0 Å². The van der Waals surface area contributed by atoms with E-state index in [1.165, 1.54) is 21.7 Å². The molecule has 0 amide bonds. The van der Waals surface area contributed by atoms with Crippen LogP contribution < -0.4 is 10.6 Å². The summed E-state index contributed by atoms with van der Waals surface area (Å²) in [5, 5.41) is 3.03. The number of rotatable bonds is 0. The van der Waals surface area contributed by atoms with E-state index in [1.807, 2.05) is 0 Å². The number of hydrogen-bond acceptors (Lipinski definition) is 0. The second-order valence-electron chi connectivity index (χ2n) is 4.02. The third kappa shape index (κ3) is 1.41. The van der Waals surface area contributed by atoms with Gasteiger partial charge in [0.25, 0.3) is 0 Å². The van der Waals surface area contributed by atoms with E-state index in [1.54, 1.807) is 0 Å². The lowest BCUT2D eigenvalue weighted by molar-refractivity contribution is 0.934. The second-order valence-corrected chi connectivity index (χ2v) is 5.35. The monoisotopic (exact) mass is 212 g/mol. The van der Waals surface area contributed by atoms with Crippen LogP contribution in [0.5, 0.6) is 0 Å². The first-order valence-electron chi connectivity index (χ1n) is 5.31. The first kappa shape index (κ1) is 9.12. The molecule has 0 radical (unpaired) electrons. The topological polar surface area (TPSA) is 0 Å². The van der Waals surface area contributed by atoms with E-state index in [4.69, 9.17) is 0 Å². The Hall–Kier alpha value is -1.13. The van der Waals surface area contributed by atoms with E-state index in [9.17, 15) is 0 Å². The third-order valence-corrected chi connectivity index (χ3v) is 4.57. The lowest BCUT2D eigenvalue weighted by atomic mass is 9.92. The number of hydrogen-bond donors (Lipinski definition) is 0. The maximum atomic E-state index is 2.31. The fourth-order valence-electron chi connectivity index (χ4n) is 2.29. The highest BCUT2D eigenvalue weighted by Crippen LogP contribution is 2.32. The van der Waals surface area contributed by atoms with E-state index in [2.05, 4.69) is 55.5 Å². The van der Waals surface area contributed by atoms with E-state index >= 15 is 0 Å². The van der Waals surface area contributed by atoms with Crippen molar-refractivity contribution in [3.8, 4) is 0 Å². The molecular weight excluding hydrogens is 199 g/mol. The Morgan fingerprint density at radius 1 is 0.800 bits per heavy atom. The molecule has 0 N–H and O–H groups in total. The molecule has 0 aromatic heterocycles. The van der Waals surface area contributed by atoms with Crippen LogP contribution >= 0.6 is 8.58 Å². The third-order valence-electron chi connectivity index (χ3n) is 3.12. The van der Waals surface area contributed by atoms with Gasteiger partial charge in [-0.1, -0.05) is 64.0 Å². The minimum Gasteiger partial charge on any atom is -0.0619 e.